The maximum atomic E-state index is 8.76. The van der Waals surface area contributed by atoms with E-state index >= 15 is 0 Å². The van der Waals surface area contributed by atoms with E-state index in [-0.39, 0.29) is 5.84 Å². The molecule has 5 nitrogen and oxygen atoms in total. The topological polar surface area (TPSA) is 79.9 Å². The third kappa shape index (κ3) is 3.74. The molecule has 1 aromatic carbocycles. The Kier molecular flexibility index (Phi) is 5.19. The van der Waals surface area contributed by atoms with Gasteiger partial charge in [0.2, 0.25) is 0 Å². The fourth-order valence-corrected chi connectivity index (χ4v) is 2.78. The van der Waals surface area contributed by atoms with E-state index in [1.165, 1.54) is 4.88 Å². The smallest absolute Gasteiger partial charge is 0.173 e. The molecule has 1 atom stereocenters. The lowest BCUT2D eigenvalue weighted by atomic mass is 10.1. The largest absolute Gasteiger partial charge is 0.496 e. The first-order valence-corrected chi connectivity index (χ1v) is 7.45. The molecule has 0 aliphatic heterocycles. The Morgan fingerprint density at radius 1 is 1.48 bits per heavy atom. The lowest BCUT2D eigenvalue weighted by Gasteiger charge is -2.14. The van der Waals surface area contributed by atoms with Crippen molar-refractivity contribution in [2.24, 2.45) is 10.9 Å². The van der Waals surface area contributed by atoms with Crippen molar-refractivity contribution in [3.63, 3.8) is 0 Å². The minimum atomic E-state index is 0.0401. The summed E-state index contributed by atoms with van der Waals surface area (Å²) in [6.07, 6.45) is 0. The molecule has 6 heteroatoms. The van der Waals surface area contributed by atoms with Gasteiger partial charge in [0.05, 0.1) is 12.7 Å². The molecule has 0 unspecified atom stereocenters. The molecule has 2 aromatic rings. The lowest BCUT2D eigenvalue weighted by Crippen LogP contribution is -2.18. The molecular weight excluding hydrogens is 286 g/mol. The molecule has 21 heavy (non-hydrogen) atoms. The van der Waals surface area contributed by atoms with E-state index in [0.29, 0.717) is 23.9 Å². The molecule has 0 bridgehead atoms. The summed E-state index contributed by atoms with van der Waals surface area (Å²) >= 11 is 1.74. The molecule has 0 spiro atoms. The van der Waals surface area contributed by atoms with Crippen LogP contribution in [-0.4, -0.2) is 18.2 Å². The van der Waals surface area contributed by atoms with Gasteiger partial charge in [-0.1, -0.05) is 17.3 Å². The highest BCUT2D eigenvalue weighted by Gasteiger charge is 2.10. The molecule has 0 radical (unpaired) electrons. The van der Waals surface area contributed by atoms with Gasteiger partial charge in [-0.25, -0.2) is 0 Å². The van der Waals surface area contributed by atoms with Crippen molar-refractivity contribution in [3.8, 4) is 5.75 Å². The van der Waals surface area contributed by atoms with Crippen molar-refractivity contribution < 1.29 is 9.94 Å². The van der Waals surface area contributed by atoms with Crippen LogP contribution in [0.4, 0.5) is 0 Å². The zero-order chi connectivity index (χ0) is 15.2. The van der Waals surface area contributed by atoms with Crippen LogP contribution in [0.1, 0.15) is 29.0 Å². The monoisotopic (exact) mass is 305 g/mol. The number of nitrogens with one attached hydrogen (secondary N) is 1. The maximum absolute atomic E-state index is 8.76. The van der Waals surface area contributed by atoms with E-state index in [2.05, 4.69) is 28.8 Å². The Bertz CT molecular complexity index is 611. The van der Waals surface area contributed by atoms with Crippen LogP contribution in [0.25, 0.3) is 0 Å². The van der Waals surface area contributed by atoms with Crippen LogP contribution >= 0.6 is 11.3 Å². The second-order valence-electron chi connectivity index (χ2n) is 4.64. The number of hydrogen-bond donors (Lipinski definition) is 3. The van der Waals surface area contributed by atoms with Crippen molar-refractivity contribution in [2.75, 3.05) is 7.11 Å². The zero-order valence-electron chi connectivity index (χ0n) is 12.0. The molecule has 0 saturated heterocycles. The minimum absolute atomic E-state index is 0.0401. The predicted molar refractivity (Wildman–Crippen MR) is 85.1 cm³/mol. The second-order valence-corrected chi connectivity index (χ2v) is 5.62. The van der Waals surface area contributed by atoms with Crippen molar-refractivity contribution in [3.05, 3.63) is 51.7 Å². The Balaban J connectivity index is 2.07. The number of benzene rings is 1. The fourth-order valence-electron chi connectivity index (χ4n) is 2.02. The fraction of sp³-hybridized carbons (Fsp3) is 0.267. The van der Waals surface area contributed by atoms with Gasteiger partial charge in [-0.2, -0.15) is 0 Å². The van der Waals surface area contributed by atoms with Gasteiger partial charge in [-0.05, 0) is 36.1 Å². The van der Waals surface area contributed by atoms with Crippen LogP contribution in [0.15, 0.2) is 40.9 Å². The molecule has 0 amide bonds. The number of nitrogens with two attached hydrogens (primary N) is 1. The predicted octanol–water partition coefficient (Wildman–Crippen LogP) is 2.70. The summed E-state index contributed by atoms with van der Waals surface area (Å²) in [5, 5.41) is 17.3. The van der Waals surface area contributed by atoms with Crippen LogP contribution in [0.2, 0.25) is 0 Å². The summed E-state index contributed by atoms with van der Waals surface area (Å²) in [5.41, 5.74) is 7.27. The van der Waals surface area contributed by atoms with Crippen molar-refractivity contribution in [1.29, 1.82) is 0 Å². The highest BCUT2D eigenvalue weighted by Crippen LogP contribution is 2.22. The van der Waals surface area contributed by atoms with Gasteiger partial charge in [0.15, 0.2) is 5.84 Å². The third-order valence-electron chi connectivity index (χ3n) is 3.23. The zero-order valence-corrected chi connectivity index (χ0v) is 12.9. The number of rotatable bonds is 6. The van der Waals surface area contributed by atoms with E-state index < -0.39 is 0 Å². The normalized spacial score (nSPS) is 13.1. The van der Waals surface area contributed by atoms with Gasteiger partial charge >= 0.3 is 0 Å². The van der Waals surface area contributed by atoms with Crippen LogP contribution in [0, 0.1) is 0 Å². The molecule has 2 rings (SSSR count). The van der Waals surface area contributed by atoms with Crippen molar-refractivity contribution >= 4 is 17.2 Å². The van der Waals surface area contributed by atoms with Gasteiger partial charge in [0.1, 0.15) is 5.75 Å². The molecule has 1 heterocycles. The molecule has 112 valence electrons. The second kappa shape index (κ2) is 7.10. The maximum Gasteiger partial charge on any atom is 0.173 e. The third-order valence-corrected chi connectivity index (χ3v) is 4.29. The average Bonchev–Trinajstić information content (AvgIpc) is 3.06. The highest BCUT2D eigenvalue weighted by atomic mass is 32.1. The Labute approximate surface area is 128 Å². The van der Waals surface area contributed by atoms with Crippen LogP contribution in [0.3, 0.4) is 0 Å². The number of nitrogens with zero attached hydrogens (tertiary/aromatic N) is 1. The Morgan fingerprint density at radius 2 is 2.29 bits per heavy atom. The quantitative estimate of drug-likeness (QED) is 0.332. The molecule has 0 saturated carbocycles. The summed E-state index contributed by atoms with van der Waals surface area (Å²) in [4.78, 5) is 1.30. The van der Waals surface area contributed by atoms with Gasteiger partial charge in [-0.15, -0.1) is 11.3 Å². The van der Waals surface area contributed by atoms with E-state index in [4.69, 9.17) is 15.7 Å². The lowest BCUT2D eigenvalue weighted by molar-refractivity contribution is 0.318. The number of thiophene rings is 1. The molecule has 0 aliphatic carbocycles. The first-order valence-electron chi connectivity index (χ1n) is 6.57. The first kappa shape index (κ1) is 15.3. The number of hydrogen-bond acceptors (Lipinski definition) is 5. The average molecular weight is 305 g/mol. The van der Waals surface area contributed by atoms with Crippen molar-refractivity contribution in [1.82, 2.24) is 5.32 Å². The number of ether oxygens (including phenoxy) is 1. The Hall–Kier alpha value is -2.05. The number of oxime groups is 1. The summed E-state index contributed by atoms with van der Waals surface area (Å²) in [5.74, 6) is 0.631. The molecule has 0 aliphatic rings. The number of amidine groups is 1. The van der Waals surface area contributed by atoms with E-state index in [1.807, 2.05) is 18.2 Å². The summed E-state index contributed by atoms with van der Waals surface area (Å²) < 4.78 is 5.29. The van der Waals surface area contributed by atoms with Gasteiger partial charge < -0.3 is 21.0 Å². The molecule has 1 aromatic heterocycles. The summed E-state index contributed by atoms with van der Waals surface area (Å²) in [7, 11) is 1.56. The molecule has 0 fully saturated rings. The number of methoxy groups -OCH3 is 1. The van der Waals surface area contributed by atoms with Crippen molar-refractivity contribution in [2.45, 2.75) is 19.5 Å². The minimum Gasteiger partial charge on any atom is -0.496 e. The first-order chi connectivity index (χ1) is 10.2. The van der Waals surface area contributed by atoms with Gasteiger partial charge in [0, 0.05) is 17.5 Å². The molecule has 4 N–H and O–H groups in total. The summed E-state index contributed by atoms with van der Waals surface area (Å²) in [6, 6.07) is 10.1. The van der Waals surface area contributed by atoms with E-state index in [1.54, 1.807) is 24.5 Å². The van der Waals surface area contributed by atoms with E-state index in [0.717, 1.165) is 5.56 Å². The Morgan fingerprint density at radius 3 is 2.90 bits per heavy atom. The van der Waals surface area contributed by atoms with E-state index in [9.17, 15) is 0 Å². The van der Waals surface area contributed by atoms with Crippen LogP contribution in [0.5, 0.6) is 5.75 Å². The highest BCUT2D eigenvalue weighted by molar-refractivity contribution is 7.10. The standard InChI is InChI=1S/C15H19N3O2S/c1-10(14-4-3-7-21-14)17-9-11-5-6-12(15(16)18-19)13(8-11)20-2/h3-8,10,17,19H,9H2,1-2H3,(H2,16,18)/t10-/m0/s1. The SMILES string of the molecule is COc1cc(CN[C@@H](C)c2cccs2)ccc1/C(N)=N/O. The molecular formula is C15H19N3O2S. The summed E-state index contributed by atoms with van der Waals surface area (Å²) in [6.45, 7) is 2.85. The van der Waals surface area contributed by atoms with Gasteiger partial charge in [-0.3, -0.25) is 0 Å². The van der Waals surface area contributed by atoms with Crippen LogP contribution < -0.4 is 15.8 Å². The van der Waals surface area contributed by atoms with Crippen LogP contribution in [-0.2, 0) is 6.54 Å². The van der Waals surface area contributed by atoms with Gasteiger partial charge in [0.25, 0.3) is 0 Å².